The zero-order valence-corrected chi connectivity index (χ0v) is 11.1. The molecular weight excluding hydrogens is 315 g/mol. The Bertz CT molecular complexity index is 719. The summed E-state index contributed by atoms with van der Waals surface area (Å²) in [6.07, 6.45) is 1.53. The van der Waals surface area contributed by atoms with Crippen LogP contribution in [0.2, 0.25) is 0 Å². The molecule has 2 aromatic heterocycles. The van der Waals surface area contributed by atoms with E-state index >= 15 is 0 Å². The van der Waals surface area contributed by atoms with Crippen LogP contribution < -0.4 is 5.73 Å². The minimum atomic E-state index is -0.315. The van der Waals surface area contributed by atoms with Crippen LogP contribution in [0.3, 0.4) is 0 Å². The van der Waals surface area contributed by atoms with Gasteiger partial charge >= 0.3 is 0 Å². The second kappa shape index (κ2) is 4.55. The van der Waals surface area contributed by atoms with Crippen molar-refractivity contribution in [1.82, 2.24) is 5.16 Å². The summed E-state index contributed by atoms with van der Waals surface area (Å²) in [5.41, 5.74) is 8.41. The molecule has 0 amide bonds. The maximum atomic E-state index is 13.0. The minimum absolute atomic E-state index is 0.176. The zero-order chi connectivity index (χ0) is 13.4. The maximum Gasteiger partial charge on any atom is 0.230 e. The summed E-state index contributed by atoms with van der Waals surface area (Å²) < 4.78 is 23.7. The second-order valence-corrected chi connectivity index (χ2v) is 4.61. The van der Waals surface area contributed by atoms with E-state index in [4.69, 9.17) is 14.7 Å². The third-order valence-electron chi connectivity index (χ3n) is 2.72. The highest BCUT2D eigenvalue weighted by Crippen LogP contribution is 2.39. The van der Waals surface area contributed by atoms with Gasteiger partial charge in [0, 0.05) is 0 Å². The largest absolute Gasteiger partial charge is 0.457 e. The Hall–Kier alpha value is -2.08. The topological polar surface area (TPSA) is 65.2 Å². The number of benzene rings is 1. The van der Waals surface area contributed by atoms with Crippen molar-refractivity contribution in [1.29, 1.82) is 0 Å². The summed E-state index contributed by atoms with van der Waals surface area (Å²) in [6, 6.07) is 7.70. The standard InChI is InChI=1S/C13H8BrFN2O2/c14-12-9(5-6-18-12)11-10(13(16)19-17-11)7-1-3-8(15)4-2-7/h1-6H,16H2. The predicted octanol–water partition coefficient (Wildman–Crippen LogP) is 4.09. The summed E-state index contributed by atoms with van der Waals surface area (Å²) in [4.78, 5) is 0. The number of rotatable bonds is 2. The average molecular weight is 323 g/mol. The van der Waals surface area contributed by atoms with E-state index in [0.29, 0.717) is 15.9 Å². The van der Waals surface area contributed by atoms with Crippen LogP contribution in [0.1, 0.15) is 0 Å². The van der Waals surface area contributed by atoms with Gasteiger partial charge in [-0.1, -0.05) is 17.3 Å². The summed E-state index contributed by atoms with van der Waals surface area (Å²) in [6.45, 7) is 0. The molecule has 0 bridgehead atoms. The van der Waals surface area contributed by atoms with Crippen molar-refractivity contribution in [2.24, 2.45) is 0 Å². The number of halogens is 2. The molecule has 0 aliphatic heterocycles. The molecule has 2 N–H and O–H groups in total. The van der Waals surface area contributed by atoms with Crippen LogP contribution in [0.5, 0.6) is 0 Å². The van der Waals surface area contributed by atoms with Crippen molar-refractivity contribution in [3.63, 3.8) is 0 Å². The number of hydrogen-bond acceptors (Lipinski definition) is 4. The van der Waals surface area contributed by atoms with E-state index in [1.807, 2.05) is 0 Å². The molecule has 1 aromatic carbocycles. The van der Waals surface area contributed by atoms with Crippen LogP contribution in [-0.2, 0) is 0 Å². The van der Waals surface area contributed by atoms with Crippen LogP contribution in [0.15, 0.2) is 50.2 Å². The number of furan rings is 1. The second-order valence-electron chi connectivity index (χ2n) is 3.89. The highest BCUT2D eigenvalue weighted by atomic mass is 79.9. The molecular formula is C13H8BrFN2O2. The van der Waals surface area contributed by atoms with Gasteiger partial charge in [-0.2, -0.15) is 0 Å². The van der Waals surface area contributed by atoms with Gasteiger partial charge in [-0.25, -0.2) is 4.39 Å². The Labute approximate surface area is 116 Å². The summed E-state index contributed by atoms with van der Waals surface area (Å²) >= 11 is 3.28. The highest BCUT2D eigenvalue weighted by molar-refractivity contribution is 9.10. The van der Waals surface area contributed by atoms with Crippen LogP contribution >= 0.6 is 15.9 Å². The smallest absolute Gasteiger partial charge is 0.230 e. The molecule has 2 heterocycles. The van der Waals surface area contributed by atoms with Gasteiger partial charge in [0.1, 0.15) is 11.5 Å². The number of nitrogens with zero attached hydrogens (tertiary/aromatic N) is 1. The first kappa shape index (κ1) is 12.0. The molecule has 0 aliphatic rings. The zero-order valence-electron chi connectivity index (χ0n) is 9.56. The quantitative estimate of drug-likeness (QED) is 0.771. The molecule has 0 saturated heterocycles. The van der Waals surface area contributed by atoms with Gasteiger partial charge in [0.2, 0.25) is 5.88 Å². The lowest BCUT2D eigenvalue weighted by Crippen LogP contribution is -1.87. The van der Waals surface area contributed by atoms with E-state index in [2.05, 4.69) is 21.1 Å². The Morgan fingerprint density at radius 3 is 2.53 bits per heavy atom. The molecule has 6 heteroatoms. The summed E-state index contributed by atoms with van der Waals surface area (Å²) in [7, 11) is 0. The molecule has 96 valence electrons. The first-order valence-corrected chi connectivity index (χ1v) is 6.20. The Kier molecular flexibility index (Phi) is 2.87. The molecule has 0 aliphatic carbocycles. The predicted molar refractivity (Wildman–Crippen MR) is 71.7 cm³/mol. The fraction of sp³-hybridized carbons (Fsp3) is 0. The lowest BCUT2D eigenvalue weighted by molar-refractivity contribution is 0.439. The summed E-state index contributed by atoms with van der Waals surface area (Å²) in [5, 5.41) is 3.93. The van der Waals surface area contributed by atoms with Gasteiger partial charge in [0.15, 0.2) is 4.67 Å². The SMILES string of the molecule is Nc1onc(-c2ccoc2Br)c1-c1ccc(F)cc1. The van der Waals surface area contributed by atoms with Crippen molar-refractivity contribution in [2.45, 2.75) is 0 Å². The number of aromatic nitrogens is 1. The average Bonchev–Trinajstić information content (AvgIpc) is 2.97. The van der Waals surface area contributed by atoms with E-state index in [1.165, 1.54) is 18.4 Å². The Morgan fingerprint density at radius 1 is 1.16 bits per heavy atom. The van der Waals surface area contributed by atoms with Crippen LogP contribution in [0.25, 0.3) is 22.4 Å². The molecule has 19 heavy (non-hydrogen) atoms. The molecule has 3 rings (SSSR count). The van der Waals surface area contributed by atoms with Crippen LogP contribution in [-0.4, -0.2) is 5.16 Å². The maximum absolute atomic E-state index is 13.0. The van der Waals surface area contributed by atoms with Gasteiger partial charge in [0.25, 0.3) is 0 Å². The Morgan fingerprint density at radius 2 is 1.89 bits per heavy atom. The van der Waals surface area contributed by atoms with E-state index in [9.17, 15) is 4.39 Å². The van der Waals surface area contributed by atoms with Crippen molar-refractivity contribution >= 4 is 21.8 Å². The third kappa shape index (κ3) is 2.04. The van der Waals surface area contributed by atoms with Gasteiger partial charge in [-0.15, -0.1) is 0 Å². The number of anilines is 1. The summed E-state index contributed by atoms with van der Waals surface area (Å²) in [5.74, 6) is -0.139. The lowest BCUT2D eigenvalue weighted by atomic mass is 10.0. The van der Waals surface area contributed by atoms with E-state index in [1.54, 1.807) is 18.2 Å². The van der Waals surface area contributed by atoms with E-state index < -0.39 is 0 Å². The van der Waals surface area contributed by atoms with Crippen LogP contribution in [0, 0.1) is 5.82 Å². The highest BCUT2D eigenvalue weighted by Gasteiger charge is 2.20. The third-order valence-corrected chi connectivity index (χ3v) is 3.34. The molecule has 0 fully saturated rings. The molecule has 0 spiro atoms. The first-order chi connectivity index (χ1) is 9.16. The van der Waals surface area contributed by atoms with Crippen LogP contribution in [0.4, 0.5) is 10.3 Å². The number of nitrogen functional groups attached to an aromatic ring is 1. The van der Waals surface area contributed by atoms with Gasteiger partial charge in [0.05, 0.1) is 17.4 Å². The number of hydrogen-bond donors (Lipinski definition) is 1. The first-order valence-electron chi connectivity index (χ1n) is 5.41. The molecule has 3 aromatic rings. The van der Waals surface area contributed by atoms with Crippen molar-refractivity contribution in [3.05, 3.63) is 47.1 Å². The normalized spacial score (nSPS) is 10.8. The van der Waals surface area contributed by atoms with Gasteiger partial charge in [-0.05, 0) is 39.7 Å². The molecule has 0 radical (unpaired) electrons. The van der Waals surface area contributed by atoms with Gasteiger partial charge in [-0.3, -0.25) is 0 Å². The van der Waals surface area contributed by atoms with E-state index in [-0.39, 0.29) is 11.7 Å². The molecule has 0 saturated carbocycles. The Balaban J connectivity index is 2.19. The molecule has 4 nitrogen and oxygen atoms in total. The fourth-order valence-corrected chi connectivity index (χ4v) is 2.27. The minimum Gasteiger partial charge on any atom is -0.457 e. The van der Waals surface area contributed by atoms with Crippen molar-refractivity contribution < 1.29 is 13.3 Å². The van der Waals surface area contributed by atoms with E-state index in [0.717, 1.165) is 11.1 Å². The fourth-order valence-electron chi connectivity index (χ4n) is 1.85. The van der Waals surface area contributed by atoms with Crippen molar-refractivity contribution in [2.75, 3.05) is 5.73 Å². The monoisotopic (exact) mass is 322 g/mol. The number of nitrogens with two attached hydrogens (primary N) is 1. The van der Waals surface area contributed by atoms with Crippen molar-refractivity contribution in [3.8, 4) is 22.4 Å². The molecule has 0 atom stereocenters. The molecule has 0 unspecified atom stereocenters. The van der Waals surface area contributed by atoms with Gasteiger partial charge < -0.3 is 14.7 Å². The lowest BCUT2D eigenvalue weighted by Gasteiger charge is -2.01.